The molecule has 0 aliphatic carbocycles. The van der Waals surface area contributed by atoms with E-state index in [4.69, 9.17) is 4.52 Å². The van der Waals surface area contributed by atoms with E-state index in [1.165, 1.54) is 19.4 Å². The van der Waals surface area contributed by atoms with Gasteiger partial charge in [0.2, 0.25) is 5.89 Å². The van der Waals surface area contributed by atoms with Gasteiger partial charge in [-0.05, 0) is 51.9 Å². The molecule has 0 amide bonds. The van der Waals surface area contributed by atoms with Crippen molar-refractivity contribution >= 4 is 0 Å². The Kier molecular flexibility index (Phi) is 3.61. The molecular formula is C13H22N4O. The lowest BCUT2D eigenvalue weighted by atomic mass is 9.98. The largest absolute Gasteiger partial charge is 0.339 e. The normalized spacial score (nSPS) is 26.8. The van der Waals surface area contributed by atoms with Gasteiger partial charge < -0.3 is 9.84 Å². The van der Waals surface area contributed by atoms with Crippen molar-refractivity contribution in [1.29, 1.82) is 0 Å². The molecule has 3 rings (SSSR count). The monoisotopic (exact) mass is 250 g/mol. The van der Waals surface area contributed by atoms with Crippen molar-refractivity contribution in [3.63, 3.8) is 0 Å². The standard InChI is InChI=1S/C13H22N4O/c1-2-17-9-3-4-11(17)12-15-13(18-16-12)10-5-7-14-8-6-10/h10-11,14H,2-9H2,1H3. The Balaban J connectivity index is 1.72. The van der Waals surface area contributed by atoms with E-state index in [1.807, 2.05) is 0 Å². The highest BCUT2D eigenvalue weighted by Gasteiger charge is 2.30. The minimum absolute atomic E-state index is 0.384. The minimum Gasteiger partial charge on any atom is -0.339 e. The van der Waals surface area contributed by atoms with Crippen LogP contribution in [0.5, 0.6) is 0 Å². The summed E-state index contributed by atoms with van der Waals surface area (Å²) in [5.74, 6) is 2.22. The maximum Gasteiger partial charge on any atom is 0.229 e. The zero-order chi connectivity index (χ0) is 12.4. The summed E-state index contributed by atoms with van der Waals surface area (Å²) in [4.78, 5) is 7.11. The van der Waals surface area contributed by atoms with E-state index in [0.717, 1.165) is 44.2 Å². The van der Waals surface area contributed by atoms with Crippen LogP contribution in [0.25, 0.3) is 0 Å². The fourth-order valence-corrected chi connectivity index (χ4v) is 3.11. The lowest BCUT2D eigenvalue weighted by molar-refractivity contribution is 0.253. The Bertz CT molecular complexity index is 386. The van der Waals surface area contributed by atoms with Crippen molar-refractivity contribution in [3.05, 3.63) is 11.7 Å². The Labute approximate surface area is 108 Å². The Morgan fingerprint density at radius 2 is 2.17 bits per heavy atom. The number of piperidine rings is 1. The third-order valence-electron chi connectivity index (χ3n) is 4.21. The van der Waals surface area contributed by atoms with Crippen molar-refractivity contribution in [2.75, 3.05) is 26.2 Å². The number of nitrogens with one attached hydrogen (secondary N) is 1. The van der Waals surface area contributed by atoms with Crippen LogP contribution in [0.2, 0.25) is 0 Å². The lowest BCUT2D eigenvalue weighted by Crippen LogP contribution is -2.27. The van der Waals surface area contributed by atoms with Gasteiger partial charge in [0.1, 0.15) is 0 Å². The van der Waals surface area contributed by atoms with Gasteiger partial charge in [-0.3, -0.25) is 4.90 Å². The first kappa shape index (κ1) is 12.1. The molecule has 2 fully saturated rings. The lowest BCUT2D eigenvalue weighted by Gasteiger charge is -2.20. The first-order chi connectivity index (χ1) is 8.88. The van der Waals surface area contributed by atoms with E-state index in [-0.39, 0.29) is 0 Å². The molecule has 0 saturated carbocycles. The van der Waals surface area contributed by atoms with Crippen LogP contribution in [-0.2, 0) is 0 Å². The molecule has 3 heterocycles. The first-order valence-corrected chi connectivity index (χ1v) is 7.16. The number of hydrogen-bond donors (Lipinski definition) is 1. The molecule has 1 unspecified atom stereocenters. The van der Waals surface area contributed by atoms with Gasteiger partial charge in [0.05, 0.1) is 6.04 Å². The van der Waals surface area contributed by atoms with E-state index in [1.54, 1.807) is 0 Å². The molecule has 18 heavy (non-hydrogen) atoms. The Hall–Kier alpha value is -0.940. The molecule has 1 atom stereocenters. The van der Waals surface area contributed by atoms with E-state index in [9.17, 15) is 0 Å². The maximum absolute atomic E-state index is 5.49. The number of aromatic nitrogens is 2. The second kappa shape index (κ2) is 5.36. The summed E-state index contributed by atoms with van der Waals surface area (Å²) >= 11 is 0. The molecule has 2 saturated heterocycles. The molecule has 5 nitrogen and oxygen atoms in total. The van der Waals surface area contributed by atoms with E-state index < -0.39 is 0 Å². The summed E-state index contributed by atoms with van der Waals surface area (Å²) < 4.78 is 5.49. The molecule has 1 N–H and O–H groups in total. The Morgan fingerprint density at radius 1 is 1.33 bits per heavy atom. The molecule has 2 aliphatic rings. The molecule has 2 aliphatic heterocycles. The van der Waals surface area contributed by atoms with Gasteiger partial charge in [0.25, 0.3) is 0 Å². The highest BCUT2D eigenvalue weighted by atomic mass is 16.5. The smallest absolute Gasteiger partial charge is 0.229 e. The summed E-state index contributed by atoms with van der Waals surface area (Å²) in [5, 5.41) is 7.59. The van der Waals surface area contributed by atoms with E-state index in [0.29, 0.717) is 12.0 Å². The first-order valence-electron chi connectivity index (χ1n) is 7.16. The third-order valence-corrected chi connectivity index (χ3v) is 4.21. The molecule has 0 aromatic carbocycles. The van der Waals surface area contributed by atoms with E-state index >= 15 is 0 Å². The molecule has 1 aromatic heterocycles. The molecular weight excluding hydrogens is 228 g/mol. The van der Waals surface area contributed by atoms with Crippen LogP contribution in [0, 0.1) is 0 Å². The zero-order valence-electron chi connectivity index (χ0n) is 11.1. The summed E-state index contributed by atoms with van der Waals surface area (Å²) in [6.45, 7) is 6.56. The number of rotatable bonds is 3. The molecule has 0 radical (unpaired) electrons. The SMILES string of the molecule is CCN1CCCC1c1noc(C2CCNCC2)n1. The molecule has 0 spiro atoms. The molecule has 5 heteroatoms. The fraction of sp³-hybridized carbons (Fsp3) is 0.846. The second-order valence-corrected chi connectivity index (χ2v) is 5.30. The van der Waals surface area contributed by atoms with Crippen molar-refractivity contribution in [2.24, 2.45) is 0 Å². The summed E-state index contributed by atoms with van der Waals surface area (Å²) in [6, 6.07) is 0.384. The predicted molar refractivity (Wildman–Crippen MR) is 68.4 cm³/mol. The Morgan fingerprint density at radius 3 is 2.94 bits per heavy atom. The van der Waals surface area contributed by atoms with Crippen LogP contribution in [-0.4, -0.2) is 41.2 Å². The highest BCUT2D eigenvalue weighted by Crippen LogP contribution is 2.31. The van der Waals surface area contributed by atoms with Crippen LogP contribution in [0.4, 0.5) is 0 Å². The average Bonchev–Trinajstić information content (AvgIpc) is 3.08. The average molecular weight is 250 g/mol. The van der Waals surface area contributed by atoms with Crippen LogP contribution < -0.4 is 5.32 Å². The summed E-state index contributed by atoms with van der Waals surface area (Å²) in [5.41, 5.74) is 0. The van der Waals surface area contributed by atoms with Gasteiger partial charge in [-0.25, -0.2) is 0 Å². The quantitative estimate of drug-likeness (QED) is 0.884. The van der Waals surface area contributed by atoms with E-state index in [2.05, 4.69) is 27.3 Å². The van der Waals surface area contributed by atoms with Crippen molar-refractivity contribution in [2.45, 2.75) is 44.6 Å². The van der Waals surface area contributed by atoms with Crippen LogP contribution in [0.1, 0.15) is 56.3 Å². The van der Waals surface area contributed by atoms with Crippen molar-refractivity contribution in [1.82, 2.24) is 20.4 Å². The van der Waals surface area contributed by atoms with Crippen molar-refractivity contribution < 1.29 is 4.52 Å². The molecule has 1 aromatic rings. The summed E-state index contributed by atoms with van der Waals surface area (Å²) in [6.07, 6.45) is 4.64. The number of hydrogen-bond acceptors (Lipinski definition) is 5. The third kappa shape index (κ3) is 2.29. The van der Waals surface area contributed by atoms with Gasteiger partial charge in [0, 0.05) is 5.92 Å². The number of likely N-dealkylation sites (tertiary alicyclic amines) is 1. The highest BCUT2D eigenvalue weighted by molar-refractivity contribution is 5.01. The topological polar surface area (TPSA) is 54.2 Å². The van der Waals surface area contributed by atoms with Gasteiger partial charge >= 0.3 is 0 Å². The molecule has 100 valence electrons. The minimum atomic E-state index is 0.384. The second-order valence-electron chi connectivity index (χ2n) is 5.30. The van der Waals surface area contributed by atoms with Crippen LogP contribution in [0.3, 0.4) is 0 Å². The number of nitrogens with zero attached hydrogens (tertiary/aromatic N) is 3. The molecule has 0 bridgehead atoms. The predicted octanol–water partition coefficient (Wildman–Crippen LogP) is 1.69. The van der Waals surface area contributed by atoms with Gasteiger partial charge in [-0.15, -0.1) is 0 Å². The fourth-order valence-electron chi connectivity index (χ4n) is 3.11. The van der Waals surface area contributed by atoms with Crippen LogP contribution >= 0.6 is 0 Å². The van der Waals surface area contributed by atoms with Gasteiger partial charge in [0.15, 0.2) is 5.82 Å². The van der Waals surface area contributed by atoms with Gasteiger partial charge in [-0.2, -0.15) is 4.98 Å². The summed E-state index contributed by atoms with van der Waals surface area (Å²) in [7, 11) is 0. The zero-order valence-corrected chi connectivity index (χ0v) is 11.1. The maximum atomic E-state index is 5.49. The van der Waals surface area contributed by atoms with Crippen LogP contribution in [0.15, 0.2) is 4.52 Å². The van der Waals surface area contributed by atoms with Gasteiger partial charge in [-0.1, -0.05) is 12.1 Å². The van der Waals surface area contributed by atoms with Crippen molar-refractivity contribution in [3.8, 4) is 0 Å².